The molecule has 0 atom stereocenters. The molecule has 1 aromatic rings. The first kappa shape index (κ1) is 11.8. The van der Waals surface area contributed by atoms with Gasteiger partial charge in [-0.15, -0.1) is 0 Å². The van der Waals surface area contributed by atoms with Crippen LogP contribution in [0.1, 0.15) is 19.4 Å². The van der Waals surface area contributed by atoms with Crippen molar-refractivity contribution in [3.05, 3.63) is 17.8 Å². The summed E-state index contributed by atoms with van der Waals surface area (Å²) in [7, 11) is 1.92. The van der Waals surface area contributed by atoms with Gasteiger partial charge in [-0.2, -0.15) is 0 Å². The van der Waals surface area contributed by atoms with Crippen LogP contribution in [0.5, 0.6) is 0 Å². The molecule has 0 saturated heterocycles. The summed E-state index contributed by atoms with van der Waals surface area (Å²) in [5, 5.41) is 9.28. The molecule has 1 heterocycles. The molecule has 1 rings (SSSR count). The fourth-order valence-corrected chi connectivity index (χ4v) is 1.33. The molecular weight excluding hydrogens is 190 g/mol. The minimum absolute atomic E-state index is 0.0784. The standard InChI is InChI=1S/C11H19N3O/c1-8-5-9(12)6-13-10(8)14(4)11(2,3)7-15/h5-6,15H,7,12H2,1-4H3. The molecule has 4 nitrogen and oxygen atoms in total. The zero-order valence-corrected chi connectivity index (χ0v) is 9.78. The highest BCUT2D eigenvalue weighted by atomic mass is 16.3. The van der Waals surface area contributed by atoms with E-state index in [1.165, 1.54) is 0 Å². The molecular formula is C11H19N3O. The number of pyridine rings is 1. The van der Waals surface area contributed by atoms with E-state index >= 15 is 0 Å². The van der Waals surface area contributed by atoms with Crippen LogP contribution in [0, 0.1) is 6.92 Å². The number of hydrogen-bond donors (Lipinski definition) is 2. The van der Waals surface area contributed by atoms with Crippen molar-refractivity contribution in [2.75, 3.05) is 24.3 Å². The van der Waals surface area contributed by atoms with Crippen LogP contribution in [0.15, 0.2) is 12.3 Å². The van der Waals surface area contributed by atoms with Crippen molar-refractivity contribution in [1.82, 2.24) is 4.98 Å². The molecule has 84 valence electrons. The van der Waals surface area contributed by atoms with Crippen molar-refractivity contribution >= 4 is 11.5 Å². The summed E-state index contributed by atoms with van der Waals surface area (Å²) in [5.74, 6) is 0.850. The predicted octanol–water partition coefficient (Wildman–Crippen LogP) is 1.18. The van der Waals surface area contributed by atoms with Gasteiger partial charge in [0.25, 0.3) is 0 Å². The smallest absolute Gasteiger partial charge is 0.131 e. The molecule has 4 heteroatoms. The van der Waals surface area contributed by atoms with Gasteiger partial charge >= 0.3 is 0 Å². The molecule has 0 aliphatic rings. The summed E-state index contributed by atoms with van der Waals surface area (Å²) >= 11 is 0. The van der Waals surface area contributed by atoms with E-state index < -0.39 is 0 Å². The van der Waals surface area contributed by atoms with Crippen LogP contribution in [0.3, 0.4) is 0 Å². The van der Waals surface area contributed by atoms with Gasteiger partial charge in [0.2, 0.25) is 0 Å². The number of aryl methyl sites for hydroxylation is 1. The second-order valence-electron chi connectivity index (χ2n) is 4.44. The highest BCUT2D eigenvalue weighted by Gasteiger charge is 2.24. The zero-order chi connectivity index (χ0) is 11.6. The number of nitrogen functional groups attached to an aromatic ring is 1. The van der Waals surface area contributed by atoms with Gasteiger partial charge in [0.05, 0.1) is 24.0 Å². The monoisotopic (exact) mass is 209 g/mol. The summed E-state index contributed by atoms with van der Waals surface area (Å²) in [6.07, 6.45) is 1.63. The van der Waals surface area contributed by atoms with Gasteiger partial charge in [-0.05, 0) is 32.4 Å². The topological polar surface area (TPSA) is 62.4 Å². The molecule has 0 aliphatic carbocycles. The molecule has 0 unspecified atom stereocenters. The van der Waals surface area contributed by atoms with Crippen LogP contribution in [-0.2, 0) is 0 Å². The highest BCUT2D eigenvalue weighted by Crippen LogP contribution is 2.24. The maximum absolute atomic E-state index is 9.28. The third kappa shape index (κ3) is 2.39. The molecule has 0 aliphatic heterocycles. The number of hydrogen-bond acceptors (Lipinski definition) is 4. The van der Waals surface area contributed by atoms with Gasteiger partial charge < -0.3 is 15.7 Å². The lowest BCUT2D eigenvalue weighted by molar-refractivity contribution is 0.215. The van der Waals surface area contributed by atoms with Gasteiger partial charge in [-0.1, -0.05) is 0 Å². The summed E-state index contributed by atoms with van der Waals surface area (Å²) < 4.78 is 0. The molecule has 0 spiro atoms. The number of likely N-dealkylation sites (N-methyl/N-ethyl adjacent to an activating group) is 1. The Balaban J connectivity index is 3.06. The largest absolute Gasteiger partial charge is 0.397 e. The number of rotatable bonds is 3. The number of anilines is 2. The van der Waals surface area contributed by atoms with Crippen LogP contribution >= 0.6 is 0 Å². The van der Waals surface area contributed by atoms with Gasteiger partial charge in [0.15, 0.2) is 0 Å². The minimum Gasteiger partial charge on any atom is -0.397 e. The Morgan fingerprint density at radius 2 is 2.13 bits per heavy atom. The molecule has 0 bridgehead atoms. The molecule has 1 aromatic heterocycles. The first-order valence-electron chi connectivity index (χ1n) is 4.95. The van der Waals surface area contributed by atoms with E-state index in [4.69, 9.17) is 5.73 Å². The van der Waals surface area contributed by atoms with Crippen molar-refractivity contribution in [3.63, 3.8) is 0 Å². The lowest BCUT2D eigenvalue weighted by atomic mass is 10.0. The zero-order valence-electron chi connectivity index (χ0n) is 9.78. The Morgan fingerprint density at radius 3 is 2.60 bits per heavy atom. The first-order valence-corrected chi connectivity index (χ1v) is 4.95. The van der Waals surface area contributed by atoms with E-state index in [1.807, 2.05) is 38.8 Å². The van der Waals surface area contributed by atoms with Crippen LogP contribution in [0.4, 0.5) is 11.5 Å². The molecule has 0 fully saturated rings. The van der Waals surface area contributed by atoms with Gasteiger partial charge in [-0.3, -0.25) is 0 Å². The van der Waals surface area contributed by atoms with Gasteiger partial charge in [0.1, 0.15) is 5.82 Å². The predicted molar refractivity (Wildman–Crippen MR) is 63.0 cm³/mol. The van der Waals surface area contributed by atoms with Crippen LogP contribution in [0.2, 0.25) is 0 Å². The number of nitrogens with zero attached hydrogens (tertiary/aromatic N) is 2. The van der Waals surface area contributed by atoms with Crippen LogP contribution < -0.4 is 10.6 Å². The average molecular weight is 209 g/mol. The van der Waals surface area contributed by atoms with Crippen molar-refractivity contribution in [2.24, 2.45) is 0 Å². The summed E-state index contributed by atoms with van der Waals surface area (Å²) in [4.78, 5) is 6.24. The van der Waals surface area contributed by atoms with E-state index in [0.717, 1.165) is 11.4 Å². The van der Waals surface area contributed by atoms with Gasteiger partial charge in [0, 0.05) is 7.05 Å². The first-order chi connectivity index (χ1) is 6.88. The number of aromatic nitrogens is 1. The molecule has 3 N–H and O–H groups in total. The van der Waals surface area contributed by atoms with Gasteiger partial charge in [-0.25, -0.2) is 4.98 Å². The molecule has 0 amide bonds. The SMILES string of the molecule is Cc1cc(N)cnc1N(C)C(C)(C)CO. The lowest BCUT2D eigenvalue weighted by Gasteiger charge is -2.35. The number of aliphatic hydroxyl groups excluding tert-OH is 1. The normalized spacial score (nSPS) is 11.5. The van der Waals surface area contributed by atoms with E-state index in [-0.39, 0.29) is 12.1 Å². The maximum Gasteiger partial charge on any atom is 0.131 e. The second-order valence-corrected chi connectivity index (χ2v) is 4.44. The van der Waals surface area contributed by atoms with Crippen molar-refractivity contribution in [2.45, 2.75) is 26.3 Å². The van der Waals surface area contributed by atoms with Crippen molar-refractivity contribution < 1.29 is 5.11 Å². The Hall–Kier alpha value is -1.29. The summed E-state index contributed by atoms with van der Waals surface area (Å²) in [6, 6.07) is 1.88. The third-order valence-electron chi connectivity index (χ3n) is 2.68. The van der Waals surface area contributed by atoms with Crippen LogP contribution in [-0.4, -0.2) is 29.3 Å². The fourth-order valence-electron chi connectivity index (χ4n) is 1.33. The van der Waals surface area contributed by atoms with E-state index in [1.54, 1.807) is 6.20 Å². The van der Waals surface area contributed by atoms with Crippen LogP contribution in [0.25, 0.3) is 0 Å². The number of aliphatic hydroxyl groups is 1. The summed E-state index contributed by atoms with van der Waals surface area (Å²) in [5.41, 5.74) is 6.99. The molecule has 15 heavy (non-hydrogen) atoms. The Labute approximate surface area is 90.7 Å². The fraction of sp³-hybridized carbons (Fsp3) is 0.545. The Kier molecular flexibility index (Phi) is 3.19. The van der Waals surface area contributed by atoms with Crippen molar-refractivity contribution in [1.29, 1.82) is 0 Å². The Morgan fingerprint density at radius 1 is 1.53 bits per heavy atom. The highest BCUT2D eigenvalue weighted by molar-refractivity contribution is 5.53. The second kappa shape index (κ2) is 4.06. The molecule has 0 saturated carbocycles. The molecule has 0 aromatic carbocycles. The maximum atomic E-state index is 9.28. The molecule has 0 radical (unpaired) electrons. The Bertz CT molecular complexity index is 350. The third-order valence-corrected chi connectivity index (χ3v) is 2.68. The number of nitrogens with two attached hydrogens (primary N) is 1. The lowest BCUT2D eigenvalue weighted by Crippen LogP contribution is -2.45. The van der Waals surface area contributed by atoms with Crippen molar-refractivity contribution in [3.8, 4) is 0 Å². The summed E-state index contributed by atoms with van der Waals surface area (Å²) in [6.45, 7) is 5.96. The minimum atomic E-state index is -0.326. The van der Waals surface area contributed by atoms with E-state index in [2.05, 4.69) is 4.98 Å². The quantitative estimate of drug-likeness (QED) is 0.784. The van der Waals surface area contributed by atoms with E-state index in [9.17, 15) is 5.11 Å². The average Bonchev–Trinajstić information content (AvgIpc) is 2.17. The van der Waals surface area contributed by atoms with E-state index in [0.29, 0.717) is 5.69 Å².